The zero-order valence-corrected chi connectivity index (χ0v) is 12.8. The second-order valence-corrected chi connectivity index (χ2v) is 5.48. The third-order valence-electron chi connectivity index (χ3n) is 3.97. The van der Waals surface area contributed by atoms with Gasteiger partial charge in [0.05, 0.1) is 6.20 Å². The van der Waals surface area contributed by atoms with Crippen LogP contribution in [0.4, 0.5) is 4.39 Å². The molecule has 1 N–H and O–H groups in total. The number of halogens is 1. The lowest BCUT2D eigenvalue weighted by Gasteiger charge is -2.06. The van der Waals surface area contributed by atoms with E-state index in [0.717, 1.165) is 28.1 Å². The van der Waals surface area contributed by atoms with Crippen molar-refractivity contribution in [2.45, 2.75) is 6.92 Å². The number of aryl methyl sites for hydroxylation is 1. The SMILES string of the molecule is Cc1[nH]nc(-c2ccc(F)cc2)c1-c1ccc2ncc(C#N)n2c1. The highest BCUT2D eigenvalue weighted by Crippen LogP contribution is 2.33. The molecule has 0 aliphatic rings. The zero-order chi connectivity index (χ0) is 16.7. The quantitative estimate of drug-likeness (QED) is 0.612. The van der Waals surface area contributed by atoms with Gasteiger partial charge in [0.15, 0.2) is 0 Å². The van der Waals surface area contributed by atoms with E-state index >= 15 is 0 Å². The van der Waals surface area contributed by atoms with Crippen molar-refractivity contribution in [3.8, 4) is 28.5 Å². The number of aromatic amines is 1. The van der Waals surface area contributed by atoms with Crippen molar-refractivity contribution in [1.82, 2.24) is 19.6 Å². The van der Waals surface area contributed by atoms with Crippen molar-refractivity contribution in [2.75, 3.05) is 0 Å². The van der Waals surface area contributed by atoms with Crippen molar-refractivity contribution in [2.24, 2.45) is 0 Å². The third-order valence-corrected chi connectivity index (χ3v) is 3.97. The molecule has 0 aliphatic heterocycles. The molecule has 0 bridgehead atoms. The summed E-state index contributed by atoms with van der Waals surface area (Å²) in [5.41, 5.74) is 5.46. The Morgan fingerprint density at radius 3 is 2.62 bits per heavy atom. The van der Waals surface area contributed by atoms with Crippen LogP contribution < -0.4 is 0 Å². The molecule has 0 saturated heterocycles. The largest absolute Gasteiger partial charge is 0.291 e. The molecule has 0 aliphatic carbocycles. The first-order valence-corrected chi connectivity index (χ1v) is 7.36. The van der Waals surface area contributed by atoms with Gasteiger partial charge in [0.25, 0.3) is 0 Å². The maximum Gasteiger partial charge on any atom is 0.144 e. The highest BCUT2D eigenvalue weighted by atomic mass is 19.1. The van der Waals surface area contributed by atoms with E-state index in [4.69, 9.17) is 0 Å². The van der Waals surface area contributed by atoms with Gasteiger partial charge in [0.1, 0.15) is 28.9 Å². The minimum atomic E-state index is -0.286. The summed E-state index contributed by atoms with van der Waals surface area (Å²) in [6.45, 7) is 1.93. The Hall–Kier alpha value is -3.46. The van der Waals surface area contributed by atoms with Crippen molar-refractivity contribution < 1.29 is 4.39 Å². The van der Waals surface area contributed by atoms with Gasteiger partial charge in [0.2, 0.25) is 0 Å². The molecular formula is C18H12FN5. The number of nitriles is 1. The molecule has 4 rings (SSSR count). The molecule has 3 aromatic heterocycles. The van der Waals surface area contributed by atoms with Crippen molar-refractivity contribution >= 4 is 5.65 Å². The van der Waals surface area contributed by atoms with E-state index in [1.165, 1.54) is 12.1 Å². The molecular weight excluding hydrogens is 305 g/mol. The van der Waals surface area contributed by atoms with Gasteiger partial charge in [-0.05, 0) is 43.3 Å². The molecule has 0 unspecified atom stereocenters. The van der Waals surface area contributed by atoms with E-state index < -0.39 is 0 Å². The Labute approximate surface area is 137 Å². The fourth-order valence-electron chi connectivity index (χ4n) is 2.81. The van der Waals surface area contributed by atoms with Crippen LogP contribution in [-0.2, 0) is 0 Å². The van der Waals surface area contributed by atoms with E-state index in [-0.39, 0.29) is 5.82 Å². The van der Waals surface area contributed by atoms with Crippen LogP contribution in [0.3, 0.4) is 0 Å². The Morgan fingerprint density at radius 1 is 1.12 bits per heavy atom. The molecule has 3 heterocycles. The summed E-state index contributed by atoms with van der Waals surface area (Å²) < 4.78 is 14.9. The van der Waals surface area contributed by atoms with Gasteiger partial charge >= 0.3 is 0 Å². The number of benzene rings is 1. The van der Waals surface area contributed by atoms with Gasteiger partial charge in [-0.25, -0.2) is 9.37 Å². The number of aromatic nitrogens is 4. The molecule has 1 aromatic carbocycles. The van der Waals surface area contributed by atoms with Crippen LogP contribution in [0.2, 0.25) is 0 Å². The van der Waals surface area contributed by atoms with E-state index in [9.17, 15) is 9.65 Å². The summed E-state index contributed by atoms with van der Waals surface area (Å²) in [5, 5.41) is 16.5. The predicted octanol–water partition coefficient (Wildman–Crippen LogP) is 3.71. The predicted molar refractivity (Wildman–Crippen MR) is 87.6 cm³/mol. The standard InChI is InChI=1S/C18H12FN5/c1-11-17(18(23-22-11)12-2-5-14(19)6-3-12)13-4-7-16-21-9-15(8-20)24(16)10-13/h2-7,9-10H,1H3,(H,22,23). The van der Waals surface area contributed by atoms with E-state index in [0.29, 0.717) is 11.3 Å². The molecule has 6 heteroatoms. The summed E-state index contributed by atoms with van der Waals surface area (Å²) in [7, 11) is 0. The molecule has 0 radical (unpaired) electrons. The smallest absolute Gasteiger partial charge is 0.144 e. The molecule has 0 amide bonds. The topological polar surface area (TPSA) is 69.8 Å². The maximum absolute atomic E-state index is 13.2. The minimum absolute atomic E-state index is 0.286. The van der Waals surface area contributed by atoms with Crippen LogP contribution in [0.1, 0.15) is 11.4 Å². The Kier molecular flexibility index (Phi) is 3.14. The first-order valence-electron chi connectivity index (χ1n) is 7.36. The highest BCUT2D eigenvalue weighted by Gasteiger charge is 2.15. The van der Waals surface area contributed by atoms with Crippen LogP contribution >= 0.6 is 0 Å². The number of hydrogen-bond donors (Lipinski definition) is 1. The number of nitrogens with zero attached hydrogens (tertiary/aromatic N) is 4. The highest BCUT2D eigenvalue weighted by molar-refractivity contribution is 5.82. The van der Waals surface area contributed by atoms with Crippen LogP contribution in [-0.4, -0.2) is 19.6 Å². The average Bonchev–Trinajstić information content (AvgIpc) is 3.18. The Balaban J connectivity index is 1.92. The second kappa shape index (κ2) is 5.32. The number of rotatable bonds is 2. The fourth-order valence-corrected chi connectivity index (χ4v) is 2.81. The number of pyridine rings is 1. The first kappa shape index (κ1) is 14.2. The lowest BCUT2D eigenvalue weighted by atomic mass is 10.0. The maximum atomic E-state index is 13.2. The molecule has 5 nitrogen and oxygen atoms in total. The van der Waals surface area contributed by atoms with Gasteiger partial charge in [-0.1, -0.05) is 0 Å². The lowest BCUT2D eigenvalue weighted by molar-refractivity contribution is 0.628. The van der Waals surface area contributed by atoms with Crippen LogP contribution in [0.15, 0.2) is 48.8 Å². The molecule has 0 atom stereocenters. The van der Waals surface area contributed by atoms with Gasteiger partial charge in [0, 0.05) is 28.6 Å². The van der Waals surface area contributed by atoms with Crippen LogP contribution in [0.25, 0.3) is 28.0 Å². The normalized spacial score (nSPS) is 10.9. The molecule has 0 fully saturated rings. The monoisotopic (exact) mass is 317 g/mol. The van der Waals surface area contributed by atoms with Crippen LogP contribution in [0, 0.1) is 24.1 Å². The third kappa shape index (κ3) is 2.15. The number of H-pyrrole nitrogens is 1. The molecule has 0 spiro atoms. The van der Waals surface area contributed by atoms with Crippen molar-refractivity contribution in [3.05, 3.63) is 66.0 Å². The lowest BCUT2D eigenvalue weighted by Crippen LogP contribution is -1.91. The fraction of sp³-hybridized carbons (Fsp3) is 0.0556. The number of nitrogens with one attached hydrogen (secondary N) is 1. The van der Waals surface area contributed by atoms with E-state index in [1.54, 1.807) is 22.7 Å². The van der Waals surface area contributed by atoms with E-state index in [1.807, 2.05) is 25.3 Å². The van der Waals surface area contributed by atoms with E-state index in [2.05, 4.69) is 21.3 Å². The van der Waals surface area contributed by atoms with Crippen LogP contribution in [0.5, 0.6) is 0 Å². The molecule has 24 heavy (non-hydrogen) atoms. The van der Waals surface area contributed by atoms with Gasteiger partial charge < -0.3 is 0 Å². The van der Waals surface area contributed by atoms with Crippen molar-refractivity contribution in [3.63, 3.8) is 0 Å². The van der Waals surface area contributed by atoms with Gasteiger partial charge in [-0.3, -0.25) is 9.50 Å². The minimum Gasteiger partial charge on any atom is -0.291 e. The Bertz CT molecular complexity index is 1080. The zero-order valence-electron chi connectivity index (χ0n) is 12.8. The summed E-state index contributed by atoms with van der Waals surface area (Å²) in [4.78, 5) is 4.20. The molecule has 4 aromatic rings. The second-order valence-electron chi connectivity index (χ2n) is 5.48. The summed E-state index contributed by atoms with van der Waals surface area (Å²) in [6.07, 6.45) is 3.41. The molecule has 116 valence electrons. The van der Waals surface area contributed by atoms with Gasteiger partial charge in [-0.2, -0.15) is 10.4 Å². The van der Waals surface area contributed by atoms with Gasteiger partial charge in [-0.15, -0.1) is 0 Å². The number of fused-ring (bicyclic) bond motifs is 1. The summed E-state index contributed by atoms with van der Waals surface area (Å²) in [6, 6.07) is 12.1. The van der Waals surface area contributed by atoms with Crippen molar-refractivity contribution in [1.29, 1.82) is 5.26 Å². The number of hydrogen-bond acceptors (Lipinski definition) is 3. The first-order chi connectivity index (χ1) is 11.7. The summed E-state index contributed by atoms with van der Waals surface area (Å²) in [5.74, 6) is -0.286. The summed E-state index contributed by atoms with van der Waals surface area (Å²) >= 11 is 0. The number of imidazole rings is 1. The Morgan fingerprint density at radius 2 is 1.88 bits per heavy atom. The average molecular weight is 317 g/mol. The molecule has 0 saturated carbocycles.